The van der Waals surface area contributed by atoms with Crippen LogP contribution in [0.2, 0.25) is 0 Å². The molecular weight excluding hydrogens is 444 g/mol. The summed E-state index contributed by atoms with van der Waals surface area (Å²) >= 11 is 1.46. The van der Waals surface area contributed by atoms with E-state index in [-0.39, 0.29) is 5.69 Å². The van der Waals surface area contributed by atoms with E-state index >= 15 is 0 Å². The third-order valence-corrected chi connectivity index (χ3v) is 6.38. The fourth-order valence-corrected chi connectivity index (χ4v) is 4.76. The number of aromatic nitrogens is 1. The molecule has 0 aliphatic heterocycles. The molecule has 0 aliphatic rings. The van der Waals surface area contributed by atoms with E-state index in [0.29, 0.717) is 11.3 Å². The minimum absolute atomic E-state index is 0.0489. The van der Waals surface area contributed by atoms with Crippen LogP contribution in [-0.4, -0.2) is 22.4 Å². The number of thiazole rings is 1. The molecule has 0 spiro atoms. The molecule has 166 valence electrons. The van der Waals surface area contributed by atoms with Crippen LogP contribution in [0.15, 0.2) is 107 Å². The maximum absolute atomic E-state index is 11.1. The van der Waals surface area contributed by atoms with Gasteiger partial charge in [-0.1, -0.05) is 54.6 Å². The molecule has 0 saturated carbocycles. The largest absolute Gasteiger partial charge is 0.269 e. The number of hydrogen-bond acceptors (Lipinski definition) is 5. The second kappa shape index (κ2) is 9.25. The molecule has 7 heteroatoms. The Hall–Kier alpha value is -4.36. The summed E-state index contributed by atoms with van der Waals surface area (Å²) in [6.45, 7) is 4.22. The molecule has 1 heterocycles. The van der Waals surface area contributed by atoms with E-state index in [0.717, 1.165) is 38.4 Å². The van der Waals surface area contributed by atoms with Crippen LogP contribution >= 0.6 is 11.3 Å². The standard InChI is InChI=1S/C27H20N4O2S/c1-2-15-28-27-30(26(18-34-27)19-11-13-22(14-12-19)31(32)33)29-17-25-23-9-5-3-7-20(23)16-21-8-4-6-10-24(21)25/h2-14,16-18H,1,15H2. The van der Waals surface area contributed by atoms with Crippen molar-refractivity contribution in [2.75, 3.05) is 6.54 Å². The van der Waals surface area contributed by atoms with Crippen LogP contribution in [0.25, 0.3) is 32.8 Å². The van der Waals surface area contributed by atoms with Gasteiger partial charge in [0.1, 0.15) is 0 Å². The molecule has 0 amide bonds. The molecule has 0 unspecified atom stereocenters. The van der Waals surface area contributed by atoms with Gasteiger partial charge in [0.2, 0.25) is 4.80 Å². The summed E-state index contributed by atoms with van der Waals surface area (Å²) in [5.74, 6) is 0. The molecule has 4 aromatic carbocycles. The third-order valence-electron chi connectivity index (χ3n) is 5.53. The number of nitro benzene ring substituents is 1. The number of hydrogen-bond donors (Lipinski definition) is 0. The average Bonchev–Trinajstić information content (AvgIpc) is 3.27. The first kappa shape index (κ1) is 21.5. The average molecular weight is 465 g/mol. The van der Waals surface area contributed by atoms with Crippen LogP contribution in [0.5, 0.6) is 0 Å². The highest BCUT2D eigenvalue weighted by Crippen LogP contribution is 2.28. The first-order chi connectivity index (χ1) is 16.7. The van der Waals surface area contributed by atoms with Gasteiger partial charge in [-0.2, -0.15) is 5.10 Å². The Labute approximate surface area is 199 Å². The van der Waals surface area contributed by atoms with E-state index in [9.17, 15) is 10.1 Å². The monoisotopic (exact) mass is 464 g/mol. The molecule has 0 N–H and O–H groups in total. The molecule has 0 bridgehead atoms. The van der Waals surface area contributed by atoms with Crippen LogP contribution in [0.4, 0.5) is 5.69 Å². The zero-order chi connectivity index (χ0) is 23.5. The SMILES string of the molecule is C=CCN=c1scc(-c2ccc([N+](=O)[O-])cc2)n1N=Cc1c2ccccc2cc2ccccc12. The first-order valence-electron chi connectivity index (χ1n) is 10.7. The lowest BCUT2D eigenvalue weighted by Crippen LogP contribution is -2.12. The van der Waals surface area contributed by atoms with E-state index in [4.69, 9.17) is 5.10 Å². The Bertz CT molecular complexity index is 1570. The Morgan fingerprint density at radius 1 is 0.971 bits per heavy atom. The van der Waals surface area contributed by atoms with Crippen molar-refractivity contribution in [1.29, 1.82) is 0 Å². The molecule has 0 atom stereocenters. The fourth-order valence-electron chi connectivity index (χ4n) is 3.92. The highest BCUT2D eigenvalue weighted by molar-refractivity contribution is 7.07. The second-order valence-corrected chi connectivity index (χ2v) is 8.46. The lowest BCUT2D eigenvalue weighted by molar-refractivity contribution is -0.384. The number of nitrogens with zero attached hydrogens (tertiary/aromatic N) is 4. The van der Waals surface area contributed by atoms with E-state index in [1.165, 1.54) is 23.5 Å². The van der Waals surface area contributed by atoms with Gasteiger partial charge >= 0.3 is 0 Å². The van der Waals surface area contributed by atoms with Gasteiger partial charge in [0.15, 0.2) is 0 Å². The zero-order valence-corrected chi connectivity index (χ0v) is 19.0. The number of fused-ring (bicyclic) bond motifs is 2. The van der Waals surface area contributed by atoms with Crippen molar-refractivity contribution in [3.63, 3.8) is 0 Å². The minimum Gasteiger partial charge on any atom is -0.258 e. The zero-order valence-electron chi connectivity index (χ0n) is 18.2. The lowest BCUT2D eigenvalue weighted by Gasteiger charge is -2.08. The number of benzene rings is 4. The van der Waals surface area contributed by atoms with Gasteiger partial charge in [-0.05, 0) is 39.7 Å². The second-order valence-electron chi connectivity index (χ2n) is 7.63. The van der Waals surface area contributed by atoms with Crippen molar-refractivity contribution in [2.24, 2.45) is 10.1 Å². The number of nitro groups is 1. The van der Waals surface area contributed by atoms with Crippen LogP contribution < -0.4 is 4.80 Å². The van der Waals surface area contributed by atoms with E-state index in [2.05, 4.69) is 41.9 Å². The smallest absolute Gasteiger partial charge is 0.258 e. The summed E-state index contributed by atoms with van der Waals surface area (Å²) in [7, 11) is 0. The van der Waals surface area contributed by atoms with Crippen LogP contribution in [0, 0.1) is 10.1 Å². The van der Waals surface area contributed by atoms with Crippen molar-refractivity contribution < 1.29 is 4.92 Å². The Balaban J connectivity index is 1.69. The van der Waals surface area contributed by atoms with Crippen molar-refractivity contribution in [3.05, 3.63) is 117 Å². The fraction of sp³-hybridized carbons (Fsp3) is 0.0370. The summed E-state index contributed by atoms with van der Waals surface area (Å²) < 4.78 is 1.78. The molecule has 0 radical (unpaired) electrons. The highest BCUT2D eigenvalue weighted by atomic mass is 32.1. The van der Waals surface area contributed by atoms with Crippen molar-refractivity contribution in [1.82, 2.24) is 4.68 Å². The van der Waals surface area contributed by atoms with E-state index in [1.807, 2.05) is 35.9 Å². The molecule has 0 fully saturated rings. The maximum Gasteiger partial charge on any atom is 0.269 e. The molecule has 34 heavy (non-hydrogen) atoms. The maximum atomic E-state index is 11.1. The first-order valence-corrected chi connectivity index (χ1v) is 11.6. The van der Waals surface area contributed by atoms with Gasteiger partial charge in [-0.3, -0.25) is 15.1 Å². The number of rotatable bonds is 6. The van der Waals surface area contributed by atoms with Crippen LogP contribution in [-0.2, 0) is 0 Å². The van der Waals surface area contributed by atoms with Crippen LogP contribution in [0.3, 0.4) is 0 Å². The van der Waals surface area contributed by atoms with Gasteiger partial charge in [-0.25, -0.2) is 4.68 Å². The molecule has 1 aromatic heterocycles. The van der Waals surface area contributed by atoms with Crippen molar-refractivity contribution >= 4 is 44.8 Å². The Morgan fingerprint density at radius 3 is 2.24 bits per heavy atom. The van der Waals surface area contributed by atoms with Gasteiger partial charge < -0.3 is 0 Å². The summed E-state index contributed by atoms with van der Waals surface area (Å²) in [6.07, 6.45) is 3.61. The lowest BCUT2D eigenvalue weighted by atomic mass is 9.97. The molecule has 0 aliphatic carbocycles. The third kappa shape index (κ3) is 4.04. The van der Waals surface area contributed by atoms with Crippen molar-refractivity contribution in [3.8, 4) is 11.3 Å². The van der Waals surface area contributed by atoms with Gasteiger partial charge in [-0.15, -0.1) is 17.9 Å². The van der Waals surface area contributed by atoms with E-state index in [1.54, 1.807) is 22.9 Å². The van der Waals surface area contributed by atoms with Crippen LogP contribution in [0.1, 0.15) is 5.56 Å². The van der Waals surface area contributed by atoms with Gasteiger partial charge in [0.25, 0.3) is 5.69 Å². The Morgan fingerprint density at radius 2 is 1.62 bits per heavy atom. The predicted octanol–water partition coefficient (Wildman–Crippen LogP) is 6.40. The van der Waals surface area contributed by atoms with E-state index < -0.39 is 4.92 Å². The molecule has 0 saturated heterocycles. The summed E-state index contributed by atoms with van der Waals surface area (Å²) in [5, 5.41) is 22.4. The van der Waals surface area contributed by atoms with Gasteiger partial charge in [0, 0.05) is 28.6 Å². The predicted molar refractivity (Wildman–Crippen MR) is 139 cm³/mol. The molecule has 5 aromatic rings. The Kier molecular flexibility index (Phi) is 5.84. The quantitative estimate of drug-likeness (QED) is 0.0959. The molecule has 6 nitrogen and oxygen atoms in total. The van der Waals surface area contributed by atoms with Crippen molar-refractivity contribution in [2.45, 2.75) is 0 Å². The molecular formula is C27H20N4O2S. The molecule has 5 rings (SSSR count). The minimum atomic E-state index is -0.403. The number of non-ortho nitro benzene ring substituents is 1. The highest BCUT2D eigenvalue weighted by Gasteiger charge is 2.11. The summed E-state index contributed by atoms with van der Waals surface area (Å²) in [4.78, 5) is 16.0. The summed E-state index contributed by atoms with van der Waals surface area (Å²) in [6, 6.07) is 25.2. The normalized spacial score (nSPS) is 12.1. The topological polar surface area (TPSA) is 72.8 Å². The summed E-state index contributed by atoms with van der Waals surface area (Å²) in [5.41, 5.74) is 2.70. The van der Waals surface area contributed by atoms with Gasteiger partial charge in [0.05, 0.1) is 23.4 Å².